The van der Waals surface area contributed by atoms with Gasteiger partial charge in [0.25, 0.3) is 0 Å². The van der Waals surface area contributed by atoms with Crippen molar-refractivity contribution in [2.24, 2.45) is 10.2 Å². The van der Waals surface area contributed by atoms with Crippen molar-refractivity contribution in [3.05, 3.63) is 24.6 Å². The number of azo groups is 1. The van der Waals surface area contributed by atoms with E-state index >= 15 is 0 Å². The van der Waals surface area contributed by atoms with Gasteiger partial charge in [0.2, 0.25) is 5.91 Å². The number of rotatable bonds is 5. The number of carbonyl (C=O) groups is 1. The standard InChI is InChI=1S/C9H15N3O/c1-4-8(12-11-6-3)7-10-9(13)5-2/h4,6H,3,5,7H2,1-2H3,(H,10,13)/b8-4-,12-11-. The van der Waals surface area contributed by atoms with Gasteiger partial charge in [0.1, 0.15) is 0 Å². The van der Waals surface area contributed by atoms with Crippen molar-refractivity contribution < 1.29 is 4.79 Å². The minimum absolute atomic E-state index is 0.00755. The molecule has 0 aromatic rings. The van der Waals surface area contributed by atoms with Crippen LogP contribution in [0.4, 0.5) is 0 Å². The smallest absolute Gasteiger partial charge is 0.220 e. The zero-order valence-electron chi connectivity index (χ0n) is 8.08. The maximum Gasteiger partial charge on any atom is 0.220 e. The molecule has 0 bridgehead atoms. The minimum Gasteiger partial charge on any atom is -0.350 e. The van der Waals surface area contributed by atoms with Crippen molar-refractivity contribution in [2.45, 2.75) is 20.3 Å². The summed E-state index contributed by atoms with van der Waals surface area (Å²) in [5.41, 5.74) is 0.724. The normalized spacial score (nSPS) is 11.7. The molecule has 0 saturated heterocycles. The monoisotopic (exact) mass is 181 g/mol. The van der Waals surface area contributed by atoms with Crippen LogP contribution in [0.5, 0.6) is 0 Å². The van der Waals surface area contributed by atoms with Gasteiger partial charge in [-0.1, -0.05) is 19.6 Å². The molecule has 1 N–H and O–H groups in total. The van der Waals surface area contributed by atoms with Crippen molar-refractivity contribution in [2.75, 3.05) is 6.54 Å². The maximum absolute atomic E-state index is 10.9. The molecule has 4 nitrogen and oxygen atoms in total. The zero-order chi connectivity index (χ0) is 10.1. The maximum atomic E-state index is 10.9. The fourth-order valence-electron chi connectivity index (χ4n) is 0.624. The van der Waals surface area contributed by atoms with Gasteiger partial charge in [-0.15, -0.1) is 0 Å². The van der Waals surface area contributed by atoms with Gasteiger partial charge in [0.15, 0.2) is 0 Å². The molecule has 72 valence electrons. The highest BCUT2D eigenvalue weighted by Crippen LogP contribution is 1.95. The van der Waals surface area contributed by atoms with E-state index in [4.69, 9.17) is 0 Å². The lowest BCUT2D eigenvalue weighted by atomic mass is 10.4. The summed E-state index contributed by atoms with van der Waals surface area (Å²) in [5, 5.41) is 10.1. The predicted octanol–water partition coefficient (Wildman–Crippen LogP) is 2.01. The van der Waals surface area contributed by atoms with Crippen molar-refractivity contribution in [1.82, 2.24) is 5.32 Å². The molecular weight excluding hydrogens is 166 g/mol. The molecule has 0 aromatic heterocycles. The second kappa shape index (κ2) is 7.21. The predicted molar refractivity (Wildman–Crippen MR) is 52.1 cm³/mol. The number of amides is 1. The summed E-state index contributed by atoms with van der Waals surface area (Å²) in [6.07, 6.45) is 3.63. The van der Waals surface area contributed by atoms with Crippen LogP contribution < -0.4 is 5.32 Å². The highest BCUT2D eigenvalue weighted by Gasteiger charge is 1.97. The molecule has 0 aliphatic rings. The topological polar surface area (TPSA) is 53.8 Å². The SMILES string of the molecule is C=C/N=N\C(=C/C)CNC(=O)CC. The Hall–Kier alpha value is -1.45. The van der Waals surface area contributed by atoms with Crippen LogP contribution >= 0.6 is 0 Å². The Balaban J connectivity index is 3.94. The minimum atomic E-state index is 0.00755. The Labute approximate surface area is 78.4 Å². The summed E-state index contributed by atoms with van der Waals surface area (Å²) < 4.78 is 0. The Morgan fingerprint density at radius 1 is 1.62 bits per heavy atom. The fourth-order valence-corrected chi connectivity index (χ4v) is 0.624. The molecule has 0 fully saturated rings. The van der Waals surface area contributed by atoms with E-state index in [-0.39, 0.29) is 5.91 Å². The molecule has 1 amide bonds. The first-order valence-electron chi connectivity index (χ1n) is 4.18. The van der Waals surface area contributed by atoms with E-state index in [0.717, 1.165) is 5.70 Å². The van der Waals surface area contributed by atoms with Crippen LogP contribution in [-0.2, 0) is 4.79 Å². The van der Waals surface area contributed by atoms with Gasteiger partial charge in [0.05, 0.1) is 12.2 Å². The molecule has 0 rings (SSSR count). The van der Waals surface area contributed by atoms with Crippen LogP contribution in [0.3, 0.4) is 0 Å². The average Bonchev–Trinajstić information content (AvgIpc) is 2.17. The van der Waals surface area contributed by atoms with Gasteiger partial charge < -0.3 is 5.32 Å². The number of nitrogens with zero attached hydrogens (tertiary/aromatic N) is 2. The Morgan fingerprint density at radius 3 is 2.77 bits per heavy atom. The van der Waals surface area contributed by atoms with E-state index in [1.54, 1.807) is 13.0 Å². The summed E-state index contributed by atoms with van der Waals surface area (Å²) in [6, 6.07) is 0. The van der Waals surface area contributed by atoms with Gasteiger partial charge >= 0.3 is 0 Å². The highest BCUT2D eigenvalue weighted by molar-refractivity contribution is 5.75. The number of hydrogen-bond acceptors (Lipinski definition) is 3. The van der Waals surface area contributed by atoms with Crippen molar-refractivity contribution in [3.63, 3.8) is 0 Å². The summed E-state index contributed by atoms with van der Waals surface area (Å²) in [5.74, 6) is 0.00755. The lowest BCUT2D eigenvalue weighted by Crippen LogP contribution is -2.23. The molecule has 0 aromatic carbocycles. The summed E-state index contributed by atoms with van der Waals surface area (Å²) in [4.78, 5) is 10.9. The molecule has 0 aliphatic heterocycles. The molecule has 13 heavy (non-hydrogen) atoms. The number of hydrogen-bond donors (Lipinski definition) is 1. The van der Waals surface area contributed by atoms with Crippen LogP contribution in [0.1, 0.15) is 20.3 Å². The molecule has 0 spiro atoms. The molecule has 0 radical (unpaired) electrons. The van der Waals surface area contributed by atoms with E-state index in [1.165, 1.54) is 6.20 Å². The molecule has 0 atom stereocenters. The second-order valence-electron chi connectivity index (χ2n) is 2.31. The van der Waals surface area contributed by atoms with Gasteiger partial charge in [-0.2, -0.15) is 10.2 Å². The molecule has 4 heteroatoms. The largest absolute Gasteiger partial charge is 0.350 e. The highest BCUT2D eigenvalue weighted by atomic mass is 16.1. The summed E-state index contributed by atoms with van der Waals surface area (Å²) >= 11 is 0. The van der Waals surface area contributed by atoms with E-state index < -0.39 is 0 Å². The summed E-state index contributed by atoms with van der Waals surface area (Å²) in [7, 11) is 0. The Bertz CT molecular complexity index is 231. The molecule has 0 unspecified atom stereocenters. The lowest BCUT2D eigenvalue weighted by molar-refractivity contribution is -0.120. The van der Waals surface area contributed by atoms with Crippen LogP contribution in [0, 0.1) is 0 Å². The first-order valence-corrected chi connectivity index (χ1v) is 4.18. The van der Waals surface area contributed by atoms with E-state index in [0.29, 0.717) is 13.0 Å². The van der Waals surface area contributed by atoms with Gasteiger partial charge in [-0.25, -0.2) is 0 Å². The molecular formula is C9H15N3O. The van der Waals surface area contributed by atoms with Gasteiger partial charge in [0, 0.05) is 12.6 Å². The first kappa shape index (κ1) is 11.6. The van der Waals surface area contributed by atoms with Gasteiger partial charge in [-0.3, -0.25) is 4.79 Å². The van der Waals surface area contributed by atoms with Crippen molar-refractivity contribution in [1.29, 1.82) is 0 Å². The van der Waals surface area contributed by atoms with Crippen LogP contribution in [0.15, 0.2) is 34.8 Å². The third kappa shape index (κ3) is 5.78. The van der Waals surface area contributed by atoms with Crippen molar-refractivity contribution >= 4 is 5.91 Å². The Morgan fingerprint density at radius 2 is 2.31 bits per heavy atom. The quantitative estimate of drug-likeness (QED) is 0.648. The zero-order valence-corrected chi connectivity index (χ0v) is 8.08. The summed E-state index contributed by atoms with van der Waals surface area (Å²) in [6.45, 7) is 7.46. The Kier molecular flexibility index (Phi) is 6.41. The number of carbonyl (C=O) groups excluding carboxylic acids is 1. The number of nitrogens with one attached hydrogen (secondary N) is 1. The third-order valence-electron chi connectivity index (χ3n) is 1.39. The second-order valence-corrected chi connectivity index (χ2v) is 2.31. The van der Waals surface area contributed by atoms with Crippen LogP contribution in [-0.4, -0.2) is 12.5 Å². The lowest BCUT2D eigenvalue weighted by Gasteiger charge is -2.01. The third-order valence-corrected chi connectivity index (χ3v) is 1.39. The first-order chi connectivity index (χ1) is 6.24. The molecule has 0 heterocycles. The van der Waals surface area contributed by atoms with Crippen LogP contribution in [0.2, 0.25) is 0 Å². The fraction of sp³-hybridized carbons (Fsp3) is 0.444. The van der Waals surface area contributed by atoms with Crippen molar-refractivity contribution in [3.8, 4) is 0 Å². The molecule has 0 saturated carbocycles. The van der Waals surface area contributed by atoms with Crippen LogP contribution in [0.25, 0.3) is 0 Å². The van der Waals surface area contributed by atoms with Gasteiger partial charge in [-0.05, 0) is 6.92 Å². The van der Waals surface area contributed by atoms with E-state index in [2.05, 4.69) is 22.1 Å². The average molecular weight is 181 g/mol. The number of allylic oxidation sites excluding steroid dienone is 1. The van der Waals surface area contributed by atoms with E-state index in [9.17, 15) is 4.79 Å². The molecule has 0 aliphatic carbocycles. The van der Waals surface area contributed by atoms with E-state index in [1.807, 2.05) is 6.92 Å².